The van der Waals surface area contributed by atoms with Crippen LogP contribution in [0.15, 0.2) is 61.1 Å². The van der Waals surface area contributed by atoms with Crippen LogP contribution in [0.2, 0.25) is 0 Å². The Labute approximate surface area is 261 Å². The molecule has 0 aliphatic carbocycles. The molecule has 11 heteroatoms. The number of nitrogens with one attached hydrogen (secondary N) is 3. The minimum Gasteiger partial charge on any atom is -0.382 e. The van der Waals surface area contributed by atoms with Gasteiger partial charge in [-0.15, -0.1) is 0 Å². The lowest BCUT2D eigenvalue weighted by Crippen LogP contribution is -2.44. The van der Waals surface area contributed by atoms with Crippen molar-refractivity contribution in [2.75, 3.05) is 18.4 Å². The number of hydrogen-bond donors (Lipinski definition) is 3. The van der Waals surface area contributed by atoms with Crippen molar-refractivity contribution in [2.45, 2.75) is 64.1 Å². The van der Waals surface area contributed by atoms with E-state index in [0.717, 1.165) is 43.4 Å². The first-order chi connectivity index (χ1) is 21.8. The zero-order valence-corrected chi connectivity index (χ0v) is 25.4. The molecule has 6 rings (SSSR count). The van der Waals surface area contributed by atoms with Crippen LogP contribution in [0.4, 0.5) is 5.69 Å². The molecule has 2 aliphatic rings. The molecule has 0 spiro atoms. The van der Waals surface area contributed by atoms with Crippen LogP contribution in [0.25, 0.3) is 16.9 Å². The number of piperidine rings is 2. The Morgan fingerprint density at radius 1 is 1.07 bits per heavy atom. The second kappa shape index (κ2) is 12.9. The minimum absolute atomic E-state index is 0.0575. The number of anilines is 1. The lowest BCUT2D eigenvalue weighted by Gasteiger charge is -2.32. The molecule has 45 heavy (non-hydrogen) atoms. The highest BCUT2D eigenvalue weighted by Gasteiger charge is 2.28. The Hall–Kier alpha value is -5.08. The summed E-state index contributed by atoms with van der Waals surface area (Å²) >= 11 is 0. The zero-order chi connectivity index (χ0) is 31.5. The molecular formula is C34H36N8O3. The van der Waals surface area contributed by atoms with Crippen molar-refractivity contribution in [3.05, 3.63) is 83.3 Å². The van der Waals surface area contributed by atoms with Gasteiger partial charge in [-0.2, -0.15) is 5.26 Å². The van der Waals surface area contributed by atoms with Gasteiger partial charge in [0.25, 0.3) is 5.91 Å². The number of hydrogen-bond acceptors (Lipinski definition) is 8. The quantitative estimate of drug-likeness (QED) is 0.256. The molecule has 1 unspecified atom stereocenters. The summed E-state index contributed by atoms with van der Waals surface area (Å²) in [6.45, 7) is 6.56. The summed E-state index contributed by atoms with van der Waals surface area (Å²) < 4.78 is 1.85. The number of fused-ring (bicyclic) bond motifs is 1. The number of imide groups is 1. The fraction of sp³-hybridized carbons (Fsp3) is 0.353. The van der Waals surface area contributed by atoms with E-state index in [9.17, 15) is 19.6 Å². The van der Waals surface area contributed by atoms with Gasteiger partial charge >= 0.3 is 0 Å². The first kappa shape index (κ1) is 30.0. The maximum Gasteiger partial charge on any atom is 0.255 e. The van der Waals surface area contributed by atoms with Crippen LogP contribution in [0, 0.1) is 11.3 Å². The van der Waals surface area contributed by atoms with Gasteiger partial charge in [0.2, 0.25) is 11.8 Å². The summed E-state index contributed by atoms with van der Waals surface area (Å²) in [5.41, 5.74) is 4.47. The summed E-state index contributed by atoms with van der Waals surface area (Å²) in [6, 6.07) is 15.9. The van der Waals surface area contributed by atoms with Gasteiger partial charge < -0.3 is 10.6 Å². The number of pyridine rings is 2. The van der Waals surface area contributed by atoms with Gasteiger partial charge in [-0.05, 0) is 56.4 Å². The molecular weight excluding hydrogens is 568 g/mol. The van der Waals surface area contributed by atoms with Crippen molar-refractivity contribution in [3.63, 3.8) is 0 Å². The fourth-order valence-corrected chi connectivity index (χ4v) is 6.08. The molecule has 3 N–H and O–H groups in total. The first-order valence-corrected chi connectivity index (χ1v) is 15.4. The average molecular weight is 605 g/mol. The predicted molar refractivity (Wildman–Crippen MR) is 170 cm³/mol. The van der Waals surface area contributed by atoms with Gasteiger partial charge in [-0.1, -0.05) is 24.3 Å². The molecule has 3 aromatic heterocycles. The van der Waals surface area contributed by atoms with Crippen molar-refractivity contribution < 1.29 is 14.4 Å². The Balaban J connectivity index is 1.07. The summed E-state index contributed by atoms with van der Waals surface area (Å²) in [5, 5.41) is 19.1. The van der Waals surface area contributed by atoms with Crippen LogP contribution in [0.5, 0.6) is 0 Å². The Morgan fingerprint density at radius 3 is 2.56 bits per heavy atom. The molecule has 2 aliphatic heterocycles. The van der Waals surface area contributed by atoms with Gasteiger partial charge in [-0.3, -0.25) is 29.2 Å². The average Bonchev–Trinajstić information content (AvgIpc) is 3.45. The highest BCUT2D eigenvalue weighted by atomic mass is 16.2. The van der Waals surface area contributed by atoms with Gasteiger partial charge in [0.1, 0.15) is 17.5 Å². The third kappa shape index (κ3) is 6.71. The lowest BCUT2D eigenvalue weighted by atomic mass is 9.90. The van der Waals surface area contributed by atoms with Crippen molar-refractivity contribution in [3.8, 4) is 11.9 Å². The molecule has 0 saturated carbocycles. The number of benzene rings is 1. The number of amides is 3. The summed E-state index contributed by atoms with van der Waals surface area (Å²) in [5.74, 6) is -0.228. The maximum absolute atomic E-state index is 13.5. The number of carbonyl (C=O) groups excluding carboxylic acids is 3. The molecule has 1 aromatic carbocycles. The summed E-state index contributed by atoms with van der Waals surface area (Å²) in [7, 11) is 0. The van der Waals surface area contributed by atoms with Gasteiger partial charge in [0, 0.05) is 68.2 Å². The van der Waals surface area contributed by atoms with Crippen LogP contribution in [0.1, 0.15) is 72.5 Å². The number of likely N-dealkylation sites (tertiary alicyclic amines) is 1. The van der Waals surface area contributed by atoms with E-state index < -0.39 is 0 Å². The SMILES string of the molecule is CC(C)Nc1cc(-n2ccc3cc(C#N)cnc32)ncc1C(=O)NC1CCN(Cc2ccc(C3CCC(=O)NC3=O)cc2)CC1. The van der Waals surface area contributed by atoms with Crippen LogP contribution in [-0.2, 0) is 16.1 Å². The maximum atomic E-state index is 13.5. The molecule has 11 nitrogen and oxygen atoms in total. The van der Waals surface area contributed by atoms with Crippen LogP contribution in [0.3, 0.4) is 0 Å². The molecule has 2 saturated heterocycles. The molecule has 1 atom stereocenters. The second-order valence-corrected chi connectivity index (χ2v) is 12.1. The lowest BCUT2D eigenvalue weighted by molar-refractivity contribution is -0.134. The topological polar surface area (TPSA) is 145 Å². The van der Waals surface area contributed by atoms with E-state index in [1.54, 1.807) is 18.5 Å². The van der Waals surface area contributed by atoms with Crippen LogP contribution in [-0.4, -0.2) is 62.3 Å². The molecule has 0 bridgehead atoms. The number of rotatable bonds is 8. The molecule has 3 amide bonds. The van der Waals surface area contributed by atoms with Crippen LogP contribution >= 0.6 is 0 Å². The van der Waals surface area contributed by atoms with Crippen molar-refractivity contribution in [1.29, 1.82) is 5.26 Å². The second-order valence-electron chi connectivity index (χ2n) is 12.1. The molecule has 2 fully saturated rings. The minimum atomic E-state index is -0.275. The van der Waals surface area contributed by atoms with E-state index in [1.165, 1.54) is 5.56 Å². The normalized spacial score (nSPS) is 17.7. The molecule has 5 heterocycles. The van der Waals surface area contributed by atoms with E-state index in [0.29, 0.717) is 41.1 Å². The largest absolute Gasteiger partial charge is 0.382 e. The zero-order valence-electron chi connectivity index (χ0n) is 25.4. The number of nitrogens with zero attached hydrogens (tertiary/aromatic N) is 5. The fourth-order valence-electron chi connectivity index (χ4n) is 6.08. The van der Waals surface area contributed by atoms with E-state index in [-0.39, 0.29) is 35.7 Å². The van der Waals surface area contributed by atoms with Gasteiger partial charge in [-0.25, -0.2) is 9.97 Å². The molecule has 230 valence electrons. The predicted octanol–water partition coefficient (Wildman–Crippen LogP) is 4.03. The summed E-state index contributed by atoms with van der Waals surface area (Å²) in [6.07, 6.45) is 7.60. The van der Waals surface area contributed by atoms with E-state index in [1.807, 2.05) is 48.9 Å². The van der Waals surface area contributed by atoms with Crippen LogP contribution < -0.4 is 16.0 Å². The van der Waals surface area contributed by atoms with E-state index >= 15 is 0 Å². The van der Waals surface area contributed by atoms with Crippen molar-refractivity contribution >= 4 is 34.4 Å². The Bertz CT molecular complexity index is 1780. The summed E-state index contributed by atoms with van der Waals surface area (Å²) in [4.78, 5) is 48.6. The van der Waals surface area contributed by atoms with Gasteiger partial charge in [0.05, 0.1) is 22.7 Å². The standard InChI is InChI=1S/C34H36N8O3/c1-21(2)38-29-16-30(42-14-9-25-15-23(17-35)18-37-32(25)42)36-19-28(29)34(45)39-26-10-12-41(13-11-26)20-22-3-5-24(6-4-22)27-7-8-31(43)40-33(27)44/h3-6,9,14-16,18-19,21,26-27H,7-8,10-13,20H2,1-2H3,(H,36,38)(H,39,45)(H,40,43,44). The van der Waals surface area contributed by atoms with E-state index in [2.05, 4.69) is 49.0 Å². The number of carbonyl (C=O) groups is 3. The number of nitriles is 1. The first-order valence-electron chi connectivity index (χ1n) is 15.4. The van der Waals surface area contributed by atoms with Crippen molar-refractivity contribution in [2.24, 2.45) is 0 Å². The third-order valence-electron chi connectivity index (χ3n) is 8.43. The highest BCUT2D eigenvalue weighted by molar-refractivity contribution is 6.01. The Morgan fingerprint density at radius 2 is 1.84 bits per heavy atom. The number of aromatic nitrogens is 3. The molecule has 4 aromatic rings. The smallest absolute Gasteiger partial charge is 0.255 e. The van der Waals surface area contributed by atoms with E-state index in [4.69, 9.17) is 0 Å². The Kier molecular flexibility index (Phi) is 8.58. The molecule has 0 radical (unpaired) electrons. The van der Waals surface area contributed by atoms with Gasteiger partial charge in [0.15, 0.2) is 0 Å². The highest BCUT2D eigenvalue weighted by Crippen LogP contribution is 2.26. The third-order valence-corrected chi connectivity index (χ3v) is 8.43. The van der Waals surface area contributed by atoms with Crippen molar-refractivity contribution in [1.82, 2.24) is 30.1 Å². The monoisotopic (exact) mass is 604 g/mol.